The molecule has 0 aromatic rings. The van der Waals surface area contributed by atoms with E-state index in [0.717, 1.165) is 12.8 Å². The summed E-state index contributed by atoms with van der Waals surface area (Å²) in [6.07, 6.45) is 1.49. The Morgan fingerprint density at radius 1 is 1.82 bits per heavy atom. The maximum atomic E-state index is 11.1. The van der Waals surface area contributed by atoms with Crippen molar-refractivity contribution in [2.45, 2.75) is 16.8 Å². The molecule has 0 atom stereocenters. The van der Waals surface area contributed by atoms with Crippen LogP contribution in [0.4, 0.5) is 0 Å². The molecule has 1 saturated carbocycles. The number of carbonyl (C=O) groups is 1. The summed E-state index contributed by atoms with van der Waals surface area (Å²) in [6, 6.07) is 0. The molecule has 0 aromatic carbocycles. The first-order valence-corrected chi connectivity index (χ1v) is 4.72. The zero-order valence-corrected chi connectivity index (χ0v) is 8.50. The average molecular weight is 270 g/mol. The first-order chi connectivity index (χ1) is 5.14. The number of hydrogen-bond acceptors (Lipinski definition) is 3. The van der Waals surface area contributed by atoms with Crippen LogP contribution in [0, 0.1) is 5.41 Å². The van der Waals surface area contributed by atoms with Crippen molar-refractivity contribution in [1.29, 1.82) is 0 Å². The van der Waals surface area contributed by atoms with Crippen LogP contribution in [0.25, 0.3) is 0 Å². The Morgan fingerprint density at radius 3 is 2.64 bits per heavy atom. The van der Waals surface area contributed by atoms with Crippen LogP contribution >= 0.6 is 22.6 Å². The van der Waals surface area contributed by atoms with Crippen LogP contribution in [0.5, 0.6) is 0 Å². The molecule has 4 heteroatoms. The standard InChI is InChI=1S/C7H11IO3/c1-11-6(10)7(4-9)2-5(8)3-7/h5,9H,2-4H2,1H3. The van der Waals surface area contributed by atoms with Gasteiger partial charge in [-0.25, -0.2) is 0 Å². The van der Waals surface area contributed by atoms with E-state index < -0.39 is 5.41 Å². The fourth-order valence-corrected chi connectivity index (χ4v) is 3.05. The SMILES string of the molecule is COC(=O)C1(CO)CC(I)C1. The van der Waals surface area contributed by atoms with Crippen molar-refractivity contribution in [3.63, 3.8) is 0 Å². The van der Waals surface area contributed by atoms with E-state index >= 15 is 0 Å². The fraction of sp³-hybridized carbons (Fsp3) is 0.857. The highest BCUT2D eigenvalue weighted by atomic mass is 127. The molecule has 0 aliphatic heterocycles. The van der Waals surface area contributed by atoms with Crippen LogP contribution in [0.3, 0.4) is 0 Å². The van der Waals surface area contributed by atoms with Gasteiger partial charge in [-0.15, -0.1) is 0 Å². The molecule has 1 N–H and O–H groups in total. The smallest absolute Gasteiger partial charge is 0.314 e. The Labute approximate surface area is 79.3 Å². The fourth-order valence-electron chi connectivity index (χ4n) is 1.36. The zero-order chi connectivity index (χ0) is 8.48. The summed E-state index contributed by atoms with van der Waals surface area (Å²) in [5.41, 5.74) is -0.569. The lowest BCUT2D eigenvalue weighted by molar-refractivity contribution is -0.161. The first kappa shape index (κ1) is 9.25. The van der Waals surface area contributed by atoms with Gasteiger partial charge in [0.25, 0.3) is 0 Å². The summed E-state index contributed by atoms with van der Waals surface area (Å²) in [5.74, 6) is -0.270. The minimum absolute atomic E-state index is 0.0842. The maximum Gasteiger partial charge on any atom is 0.314 e. The molecule has 0 amide bonds. The number of hydrogen-bond donors (Lipinski definition) is 1. The Bertz CT molecular complexity index is 163. The van der Waals surface area contributed by atoms with Gasteiger partial charge in [0.2, 0.25) is 0 Å². The van der Waals surface area contributed by atoms with Crippen LogP contribution < -0.4 is 0 Å². The summed E-state index contributed by atoms with van der Waals surface area (Å²) in [7, 11) is 1.36. The van der Waals surface area contributed by atoms with Gasteiger partial charge < -0.3 is 9.84 Å². The molecule has 0 heterocycles. The monoisotopic (exact) mass is 270 g/mol. The number of carbonyl (C=O) groups excluding carboxylic acids is 1. The normalized spacial score (nSPS) is 36.1. The van der Waals surface area contributed by atoms with Crippen LogP contribution in [0.2, 0.25) is 0 Å². The van der Waals surface area contributed by atoms with Gasteiger partial charge in [-0.3, -0.25) is 4.79 Å². The van der Waals surface area contributed by atoms with E-state index in [4.69, 9.17) is 5.11 Å². The van der Waals surface area contributed by atoms with E-state index in [0.29, 0.717) is 3.92 Å². The second-order valence-corrected chi connectivity index (χ2v) is 4.70. The van der Waals surface area contributed by atoms with Crippen molar-refractivity contribution in [1.82, 2.24) is 0 Å². The van der Waals surface area contributed by atoms with E-state index in [1.165, 1.54) is 7.11 Å². The van der Waals surface area contributed by atoms with Crippen LogP contribution in [0.1, 0.15) is 12.8 Å². The van der Waals surface area contributed by atoms with Crippen molar-refractivity contribution in [3.05, 3.63) is 0 Å². The van der Waals surface area contributed by atoms with E-state index in [9.17, 15) is 4.79 Å². The molecule has 0 unspecified atom stereocenters. The lowest BCUT2D eigenvalue weighted by Gasteiger charge is -2.41. The van der Waals surface area contributed by atoms with Crippen molar-refractivity contribution in [3.8, 4) is 0 Å². The van der Waals surface area contributed by atoms with Gasteiger partial charge in [0.1, 0.15) is 0 Å². The molecule has 1 aliphatic rings. The van der Waals surface area contributed by atoms with Crippen molar-refractivity contribution < 1.29 is 14.6 Å². The Hall–Kier alpha value is 0.160. The summed E-state index contributed by atoms with van der Waals surface area (Å²) in [6.45, 7) is -0.0842. The Balaban J connectivity index is 2.57. The number of halogens is 1. The van der Waals surface area contributed by atoms with Crippen LogP contribution in [0.15, 0.2) is 0 Å². The number of alkyl halides is 1. The van der Waals surface area contributed by atoms with E-state index in [1.807, 2.05) is 0 Å². The Morgan fingerprint density at radius 2 is 2.36 bits per heavy atom. The number of esters is 1. The molecule has 64 valence electrons. The van der Waals surface area contributed by atoms with E-state index in [1.54, 1.807) is 0 Å². The van der Waals surface area contributed by atoms with Crippen LogP contribution in [-0.4, -0.2) is 28.7 Å². The largest absolute Gasteiger partial charge is 0.469 e. The minimum Gasteiger partial charge on any atom is -0.469 e. The van der Waals surface area contributed by atoms with E-state index in [2.05, 4.69) is 27.3 Å². The minimum atomic E-state index is -0.569. The Kier molecular flexibility index (Phi) is 2.74. The average Bonchev–Trinajstić information content (AvgIpc) is 1.96. The maximum absolute atomic E-state index is 11.1. The van der Waals surface area contributed by atoms with Gasteiger partial charge in [-0.1, -0.05) is 22.6 Å². The number of ether oxygens (including phenoxy) is 1. The summed E-state index contributed by atoms with van der Waals surface area (Å²) in [5, 5.41) is 8.95. The van der Waals surface area contributed by atoms with Gasteiger partial charge in [-0.05, 0) is 12.8 Å². The second kappa shape index (κ2) is 3.26. The molecule has 1 aliphatic carbocycles. The molecule has 3 nitrogen and oxygen atoms in total. The van der Waals surface area contributed by atoms with Crippen molar-refractivity contribution in [2.75, 3.05) is 13.7 Å². The third-order valence-electron chi connectivity index (χ3n) is 2.15. The zero-order valence-electron chi connectivity index (χ0n) is 6.34. The summed E-state index contributed by atoms with van der Waals surface area (Å²) >= 11 is 2.27. The molecule has 0 spiro atoms. The third-order valence-corrected chi connectivity index (χ3v) is 3.03. The molecule has 0 bridgehead atoms. The highest BCUT2D eigenvalue weighted by Crippen LogP contribution is 2.45. The molecule has 0 aromatic heterocycles. The highest BCUT2D eigenvalue weighted by molar-refractivity contribution is 14.1. The molecular formula is C7H11IO3. The predicted molar refractivity (Wildman–Crippen MR) is 48.6 cm³/mol. The highest BCUT2D eigenvalue weighted by Gasteiger charge is 2.49. The molecule has 0 saturated heterocycles. The molecule has 11 heavy (non-hydrogen) atoms. The van der Waals surface area contributed by atoms with Gasteiger partial charge in [-0.2, -0.15) is 0 Å². The summed E-state index contributed by atoms with van der Waals surface area (Å²) in [4.78, 5) is 11.1. The molecule has 1 rings (SSSR count). The van der Waals surface area contributed by atoms with Crippen molar-refractivity contribution in [2.24, 2.45) is 5.41 Å². The quantitative estimate of drug-likeness (QED) is 0.457. The third kappa shape index (κ3) is 1.51. The number of aliphatic hydroxyl groups is 1. The van der Waals surface area contributed by atoms with E-state index in [-0.39, 0.29) is 12.6 Å². The molecule has 1 fully saturated rings. The summed E-state index contributed by atoms with van der Waals surface area (Å²) < 4.78 is 5.11. The van der Waals surface area contributed by atoms with Gasteiger partial charge in [0, 0.05) is 3.92 Å². The molecule has 0 radical (unpaired) electrons. The number of aliphatic hydroxyl groups excluding tert-OH is 1. The second-order valence-electron chi connectivity index (χ2n) is 2.94. The molecular weight excluding hydrogens is 259 g/mol. The topological polar surface area (TPSA) is 46.5 Å². The van der Waals surface area contributed by atoms with Gasteiger partial charge in [0.15, 0.2) is 0 Å². The lowest BCUT2D eigenvalue weighted by Crippen LogP contribution is -2.47. The van der Waals surface area contributed by atoms with Crippen LogP contribution in [-0.2, 0) is 9.53 Å². The van der Waals surface area contributed by atoms with Gasteiger partial charge >= 0.3 is 5.97 Å². The number of rotatable bonds is 2. The first-order valence-electron chi connectivity index (χ1n) is 3.48. The lowest BCUT2D eigenvalue weighted by atomic mass is 9.69. The number of methoxy groups -OCH3 is 1. The predicted octanol–water partition coefficient (Wildman–Crippen LogP) is 0.735. The van der Waals surface area contributed by atoms with Gasteiger partial charge in [0.05, 0.1) is 19.1 Å². The van der Waals surface area contributed by atoms with Crippen molar-refractivity contribution >= 4 is 28.6 Å².